The van der Waals surface area contributed by atoms with Gasteiger partial charge in [-0.25, -0.2) is 27.2 Å². The van der Waals surface area contributed by atoms with Crippen molar-refractivity contribution in [3.8, 4) is 10.7 Å². The molecule has 12 heteroatoms. The summed E-state index contributed by atoms with van der Waals surface area (Å²) < 4.78 is 53.2. The number of anilines is 2. The Kier molecular flexibility index (Phi) is 5.42. The maximum atomic E-state index is 13.3. The van der Waals surface area contributed by atoms with Gasteiger partial charge < -0.3 is 5.32 Å². The van der Waals surface area contributed by atoms with Gasteiger partial charge in [-0.05, 0) is 35.7 Å². The summed E-state index contributed by atoms with van der Waals surface area (Å²) in [6, 6.07) is 9.38. The lowest BCUT2D eigenvalue weighted by Crippen LogP contribution is -2.14. The number of halogens is 2. The molecule has 0 aliphatic heterocycles. The van der Waals surface area contributed by atoms with Gasteiger partial charge in [0.2, 0.25) is 0 Å². The molecule has 0 amide bonds. The van der Waals surface area contributed by atoms with Crippen molar-refractivity contribution in [2.24, 2.45) is 0 Å². The summed E-state index contributed by atoms with van der Waals surface area (Å²) in [4.78, 5) is 9.26. The van der Waals surface area contributed by atoms with Crippen LogP contribution in [0, 0.1) is 11.6 Å². The van der Waals surface area contributed by atoms with Gasteiger partial charge >= 0.3 is 0 Å². The molecule has 1 aromatic carbocycles. The van der Waals surface area contributed by atoms with Crippen molar-refractivity contribution in [2.45, 2.75) is 11.4 Å². The van der Waals surface area contributed by atoms with E-state index in [1.54, 1.807) is 0 Å². The van der Waals surface area contributed by atoms with Gasteiger partial charge in [0.25, 0.3) is 10.0 Å². The van der Waals surface area contributed by atoms with Crippen molar-refractivity contribution in [2.75, 3.05) is 10.0 Å². The van der Waals surface area contributed by atoms with E-state index in [1.807, 2.05) is 17.5 Å². The van der Waals surface area contributed by atoms with Crippen LogP contribution in [0.15, 0.2) is 58.9 Å². The Morgan fingerprint density at radius 1 is 1.10 bits per heavy atom. The molecule has 0 aliphatic rings. The zero-order valence-corrected chi connectivity index (χ0v) is 16.8. The Morgan fingerprint density at radius 2 is 1.97 bits per heavy atom. The van der Waals surface area contributed by atoms with E-state index in [2.05, 4.69) is 30.2 Å². The molecule has 4 rings (SSSR count). The van der Waals surface area contributed by atoms with Crippen molar-refractivity contribution in [3.05, 3.63) is 71.5 Å². The minimum atomic E-state index is -4.01. The Labute approximate surface area is 174 Å². The fourth-order valence-electron chi connectivity index (χ4n) is 2.48. The number of hydrogen-bond donors (Lipinski definition) is 3. The van der Waals surface area contributed by atoms with Crippen LogP contribution in [0.2, 0.25) is 0 Å². The molecule has 3 heterocycles. The van der Waals surface area contributed by atoms with Gasteiger partial charge in [-0.3, -0.25) is 9.82 Å². The molecule has 0 unspecified atom stereocenters. The largest absolute Gasteiger partial charge is 0.363 e. The third kappa shape index (κ3) is 4.44. The third-order valence-electron chi connectivity index (χ3n) is 3.93. The highest BCUT2D eigenvalue weighted by atomic mass is 32.2. The molecule has 3 aromatic heterocycles. The molecule has 30 heavy (non-hydrogen) atoms. The van der Waals surface area contributed by atoms with Crippen LogP contribution in [0.3, 0.4) is 0 Å². The number of nitrogens with one attached hydrogen (secondary N) is 3. The predicted molar refractivity (Wildman–Crippen MR) is 108 cm³/mol. The average Bonchev–Trinajstić information content (AvgIpc) is 3.41. The highest BCUT2D eigenvalue weighted by Gasteiger charge is 2.16. The molecule has 0 fully saturated rings. The molecule has 0 bridgehead atoms. The average molecular weight is 448 g/mol. The maximum absolute atomic E-state index is 13.3. The van der Waals surface area contributed by atoms with Crippen LogP contribution < -0.4 is 10.0 Å². The number of aromatic nitrogens is 4. The van der Waals surface area contributed by atoms with Crippen molar-refractivity contribution in [3.63, 3.8) is 0 Å². The molecule has 0 atom stereocenters. The first kappa shape index (κ1) is 19.9. The summed E-state index contributed by atoms with van der Waals surface area (Å²) in [5.74, 6) is -0.598. The zero-order valence-electron chi connectivity index (χ0n) is 15.1. The van der Waals surface area contributed by atoms with E-state index < -0.39 is 21.7 Å². The second-order valence-electron chi connectivity index (χ2n) is 6.05. The highest BCUT2D eigenvalue weighted by Crippen LogP contribution is 2.21. The Morgan fingerprint density at radius 3 is 2.67 bits per heavy atom. The van der Waals surface area contributed by atoms with Crippen molar-refractivity contribution in [1.82, 2.24) is 20.2 Å². The van der Waals surface area contributed by atoms with Crippen LogP contribution in [0.25, 0.3) is 10.7 Å². The molecule has 0 saturated carbocycles. The van der Waals surface area contributed by atoms with Crippen LogP contribution in [-0.2, 0) is 16.6 Å². The topological polar surface area (TPSA) is 113 Å². The van der Waals surface area contributed by atoms with E-state index in [4.69, 9.17) is 0 Å². The third-order valence-corrected chi connectivity index (χ3v) is 6.16. The number of aromatic amines is 1. The number of pyridine rings is 1. The van der Waals surface area contributed by atoms with E-state index in [0.29, 0.717) is 24.0 Å². The monoisotopic (exact) mass is 448 g/mol. The standard InChI is InChI=1S/C18H14F2N6O2S2/c19-13-5-3-11(8-14(13)20)26-30(27,28)12-4-6-16(21-9-12)22-10-17-23-18(25-24-17)15-2-1-7-29-15/h1-9,26H,10H2,(H,21,22)(H,23,24,25). The number of rotatable bonds is 7. The second kappa shape index (κ2) is 8.16. The van der Waals surface area contributed by atoms with Gasteiger partial charge in [0.15, 0.2) is 17.5 Å². The highest BCUT2D eigenvalue weighted by molar-refractivity contribution is 7.92. The maximum Gasteiger partial charge on any atom is 0.263 e. The Balaban J connectivity index is 1.40. The van der Waals surface area contributed by atoms with Gasteiger partial charge in [-0.1, -0.05) is 6.07 Å². The predicted octanol–water partition coefficient (Wildman–Crippen LogP) is 3.62. The first-order valence-electron chi connectivity index (χ1n) is 8.54. The van der Waals surface area contributed by atoms with Gasteiger partial charge in [0.1, 0.15) is 16.5 Å². The number of sulfonamides is 1. The molecule has 0 saturated heterocycles. The van der Waals surface area contributed by atoms with E-state index in [0.717, 1.165) is 29.3 Å². The molecule has 4 aromatic rings. The summed E-state index contributed by atoms with van der Waals surface area (Å²) in [6.45, 7) is 0.310. The number of hydrogen-bond acceptors (Lipinski definition) is 7. The normalized spacial score (nSPS) is 11.4. The molecule has 0 aliphatic carbocycles. The smallest absolute Gasteiger partial charge is 0.263 e. The first-order valence-corrected chi connectivity index (χ1v) is 10.9. The second-order valence-corrected chi connectivity index (χ2v) is 8.68. The van der Waals surface area contributed by atoms with Crippen molar-refractivity contribution < 1.29 is 17.2 Å². The van der Waals surface area contributed by atoms with Gasteiger partial charge in [0, 0.05) is 12.3 Å². The summed E-state index contributed by atoms with van der Waals surface area (Å²) in [7, 11) is -4.01. The SMILES string of the molecule is O=S(=O)(Nc1ccc(F)c(F)c1)c1ccc(NCc2nc(-c3cccs3)n[nH]2)nc1. The van der Waals surface area contributed by atoms with Gasteiger partial charge in [-0.2, -0.15) is 5.10 Å². The van der Waals surface area contributed by atoms with Crippen LogP contribution in [0.5, 0.6) is 0 Å². The fourth-order valence-corrected chi connectivity index (χ4v) is 4.13. The van der Waals surface area contributed by atoms with Crippen molar-refractivity contribution in [1.29, 1.82) is 0 Å². The summed E-state index contributed by atoms with van der Waals surface area (Å²) in [5.41, 5.74) is -0.0945. The molecular formula is C18H14F2N6O2S2. The zero-order chi connectivity index (χ0) is 21.1. The van der Waals surface area contributed by atoms with E-state index >= 15 is 0 Å². The lowest BCUT2D eigenvalue weighted by molar-refractivity contribution is 0.509. The Hall–Kier alpha value is -3.38. The number of H-pyrrole nitrogens is 1. The minimum absolute atomic E-state index is 0.0945. The fraction of sp³-hybridized carbons (Fsp3) is 0.0556. The molecule has 154 valence electrons. The number of thiophene rings is 1. The molecule has 8 nitrogen and oxygen atoms in total. The molecule has 0 radical (unpaired) electrons. The molecular weight excluding hydrogens is 434 g/mol. The van der Waals surface area contributed by atoms with Crippen LogP contribution in [-0.4, -0.2) is 28.6 Å². The first-order chi connectivity index (χ1) is 14.4. The van der Waals surface area contributed by atoms with E-state index in [9.17, 15) is 17.2 Å². The lowest BCUT2D eigenvalue weighted by Gasteiger charge is -2.09. The molecule has 0 spiro atoms. The minimum Gasteiger partial charge on any atom is -0.363 e. The number of nitrogens with zero attached hydrogens (tertiary/aromatic N) is 3. The Bertz CT molecular complexity index is 1260. The van der Waals surface area contributed by atoms with Crippen LogP contribution in [0.1, 0.15) is 5.82 Å². The van der Waals surface area contributed by atoms with E-state index in [1.165, 1.54) is 23.5 Å². The summed E-state index contributed by atoms with van der Waals surface area (Å²) in [6.07, 6.45) is 1.15. The summed E-state index contributed by atoms with van der Waals surface area (Å²) >= 11 is 1.53. The quantitative estimate of drug-likeness (QED) is 0.398. The number of benzene rings is 1. The van der Waals surface area contributed by atoms with Crippen LogP contribution >= 0.6 is 11.3 Å². The van der Waals surface area contributed by atoms with E-state index in [-0.39, 0.29) is 10.6 Å². The van der Waals surface area contributed by atoms with Crippen LogP contribution in [0.4, 0.5) is 20.3 Å². The van der Waals surface area contributed by atoms with Gasteiger partial charge in [-0.15, -0.1) is 11.3 Å². The molecule has 3 N–H and O–H groups in total. The lowest BCUT2D eigenvalue weighted by atomic mass is 10.3. The van der Waals surface area contributed by atoms with Crippen molar-refractivity contribution >= 4 is 32.9 Å². The van der Waals surface area contributed by atoms with Gasteiger partial charge in [0.05, 0.1) is 17.1 Å². The summed E-state index contributed by atoms with van der Waals surface area (Å²) in [5, 5.41) is 11.9.